The van der Waals surface area contributed by atoms with Crippen LogP contribution in [0.3, 0.4) is 0 Å². The summed E-state index contributed by atoms with van der Waals surface area (Å²) in [6, 6.07) is 7.83. The predicted molar refractivity (Wildman–Crippen MR) is 80.1 cm³/mol. The topological polar surface area (TPSA) is 64.3 Å². The number of hydrogen-bond acceptors (Lipinski definition) is 3. The third-order valence-electron chi connectivity index (χ3n) is 2.29. The van der Waals surface area contributed by atoms with Gasteiger partial charge < -0.3 is 15.8 Å². The number of hydrogen-bond donors (Lipinski definition) is 2. The number of halogens is 1. The van der Waals surface area contributed by atoms with E-state index in [0.717, 1.165) is 10.0 Å². The lowest BCUT2D eigenvalue weighted by molar-refractivity contribution is 0.0524. The zero-order valence-electron chi connectivity index (χ0n) is 11.6. The van der Waals surface area contributed by atoms with E-state index in [1.807, 2.05) is 45.0 Å². The summed E-state index contributed by atoms with van der Waals surface area (Å²) in [5, 5.41) is 2.68. The molecule has 1 atom stereocenters. The van der Waals surface area contributed by atoms with E-state index in [1.165, 1.54) is 0 Å². The zero-order valence-corrected chi connectivity index (χ0v) is 13.2. The Balaban J connectivity index is 2.36. The van der Waals surface area contributed by atoms with Gasteiger partial charge in [0, 0.05) is 17.1 Å². The number of ether oxygens (including phenoxy) is 1. The minimum absolute atomic E-state index is 0.137. The second kappa shape index (κ2) is 6.91. The third kappa shape index (κ3) is 7.18. The molecule has 0 saturated carbocycles. The summed E-state index contributed by atoms with van der Waals surface area (Å²) in [7, 11) is 0. The molecule has 0 aliphatic heterocycles. The lowest BCUT2D eigenvalue weighted by Gasteiger charge is -2.20. The van der Waals surface area contributed by atoms with Gasteiger partial charge in [-0.15, -0.1) is 0 Å². The highest BCUT2D eigenvalue weighted by Crippen LogP contribution is 2.12. The highest BCUT2D eigenvalue weighted by Gasteiger charge is 2.16. The molecule has 0 bridgehead atoms. The molecule has 1 aromatic carbocycles. The van der Waals surface area contributed by atoms with Crippen molar-refractivity contribution >= 4 is 22.0 Å². The molecule has 0 aliphatic rings. The van der Waals surface area contributed by atoms with Crippen molar-refractivity contribution in [3.8, 4) is 0 Å². The summed E-state index contributed by atoms with van der Waals surface area (Å²) < 4.78 is 6.17. The molecule has 4 nitrogen and oxygen atoms in total. The van der Waals surface area contributed by atoms with Gasteiger partial charge in [-0.3, -0.25) is 0 Å². The molecular weight excluding hydrogens is 308 g/mol. The Morgan fingerprint density at radius 2 is 2.16 bits per heavy atom. The molecule has 0 fully saturated rings. The molecule has 1 rings (SSSR count). The fourth-order valence-electron chi connectivity index (χ4n) is 1.57. The molecule has 0 radical (unpaired) electrons. The molecule has 19 heavy (non-hydrogen) atoms. The molecule has 1 aromatic rings. The second-order valence-corrected chi connectivity index (χ2v) is 6.39. The third-order valence-corrected chi connectivity index (χ3v) is 2.79. The Kier molecular flexibility index (Phi) is 5.82. The number of benzene rings is 1. The first-order valence-electron chi connectivity index (χ1n) is 6.23. The maximum absolute atomic E-state index is 11.5. The van der Waals surface area contributed by atoms with Crippen LogP contribution in [0, 0.1) is 0 Å². The van der Waals surface area contributed by atoms with Crippen molar-refractivity contribution in [2.75, 3.05) is 6.54 Å². The minimum atomic E-state index is -0.488. The van der Waals surface area contributed by atoms with Crippen LogP contribution in [-0.2, 0) is 11.2 Å². The largest absolute Gasteiger partial charge is 0.444 e. The molecule has 5 heteroatoms. The lowest BCUT2D eigenvalue weighted by atomic mass is 10.1. The smallest absolute Gasteiger partial charge is 0.407 e. The summed E-state index contributed by atoms with van der Waals surface area (Å²) in [6.07, 6.45) is 0.270. The highest BCUT2D eigenvalue weighted by atomic mass is 79.9. The van der Waals surface area contributed by atoms with Crippen molar-refractivity contribution in [1.82, 2.24) is 5.32 Å². The Hall–Kier alpha value is -1.07. The Morgan fingerprint density at radius 1 is 1.47 bits per heavy atom. The maximum atomic E-state index is 11.5. The lowest BCUT2D eigenvalue weighted by Crippen LogP contribution is -2.41. The molecule has 1 unspecified atom stereocenters. The van der Waals surface area contributed by atoms with E-state index in [4.69, 9.17) is 10.5 Å². The van der Waals surface area contributed by atoms with E-state index in [2.05, 4.69) is 21.2 Å². The molecule has 106 valence electrons. The van der Waals surface area contributed by atoms with Crippen LogP contribution in [0.1, 0.15) is 26.3 Å². The minimum Gasteiger partial charge on any atom is -0.444 e. The standard InChI is InChI=1S/C14H21BrN2O2/c1-14(2,3)19-13(18)17-9-12(16)8-10-5-4-6-11(15)7-10/h4-7,12H,8-9,16H2,1-3H3,(H,17,18). The normalized spacial score (nSPS) is 12.9. The zero-order chi connectivity index (χ0) is 14.5. The monoisotopic (exact) mass is 328 g/mol. The molecule has 1 amide bonds. The summed E-state index contributed by atoms with van der Waals surface area (Å²) in [5.41, 5.74) is 6.63. The number of nitrogens with two attached hydrogens (primary N) is 1. The number of nitrogens with one attached hydrogen (secondary N) is 1. The van der Waals surface area contributed by atoms with Crippen LogP contribution in [0.15, 0.2) is 28.7 Å². The molecular formula is C14H21BrN2O2. The van der Waals surface area contributed by atoms with Gasteiger partial charge in [-0.2, -0.15) is 0 Å². The van der Waals surface area contributed by atoms with Gasteiger partial charge in [0.15, 0.2) is 0 Å². The van der Waals surface area contributed by atoms with E-state index in [-0.39, 0.29) is 6.04 Å². The quantitative estimate of drug-likeness (QED) is 0.893. The van der Waals surface area contributed by atoms with E-state index in [1.54, 1.807) is 0 Å². The van der Waals surface area contributed by atoms with Gasteiger partial charge in [0.05, 0.1) is 0 Å². The van der Waals surface area contributed by atoms with Crippen LogP contribution < -0.4 is 11.1 Å². The van der Waals surface area contributed by atoms with Crippen LogP contribution in [0.2, 0.25) is 0 Å². The van der Waals surface area contributed by atoms with E-state index < -0.39 is 11.7 Å². The fraction of sp³-hybridized carbons (Fsp3) is 0.500. The van der Waals surface area contributed by atoms with Crippen LogP contribution >= 0.6 is 15.9 Å². The fourth-order valence-corrected chi connectivity index (χ4v) is 2.01. The molecule has 0 saturated heterocycles. The number of carbonyl (C=O) groups excluding carboxylic acids is 1. The van der Waals surface area contributed by atoms with Gasteiger partial charge in [-0.25, -0.2) is 4.79 Å². The maximum Gasteiger partial charge on any atom is 0.407 e. The first-order chi connectivity index (χ1) is 8.76. The van der Waals surface area contributed by atoms with Crippen molar-refractivity contribution in [2.45, 2.75) is 38.8 Å². The van der Waals surface area contributed by atoms with Gasteiger partial charge >= 0.3 is 6.09 Å². The summed E-state index contributed by atoms with van der Waals surface area (Å²) in [4.78, 5) is 11.5. The molecule has 0 aromatic heterocycles. The Morgan fingerprint density at radius 3 is 2.74 bits per heavy atom. The van der Waals surface area contributed by atoms with E-state index in [0.29, 0.717) is 13.0 Å². The van der Waals surface area contributed by atoms with Crippen molar-refractivity contribution in [2.24, 2.45) is 5.73 Å². The number of alkyl carbamates (subject to hydrolysis) is 1. The summed E-state index contributed by atoms with van der Waals surface area (Å²) >= 11 is 3.42. The van der Waals surface area contributed by atoms with Crippen molar-refractivity contribution < 1.29 is 9.53 Å². The van der Waals surface area contributed by atoms with Gasteiger partial charge in [0.1, 0.15) is 5.60 Å². The van der Waals surface area contributed by atoms with Crippen molar-refractivity contribution in [1.29, 1.82) is 0 Å². The van der Waals surface area contributed by atoms with E-state index >= 15 is 0 Å². The Labute approximate surface area is 122 Å². The highest BCUT2D eigenvalue weighted by molar-refractivity contribution is 9.10. The van der Waals surface area contributed by atoms with E-state index in [9.17, 15) is 4.79 Å². The number of amides is 1. The molecule has 0 heterocycles. The summed E-state index contributed by atoms with van der Waals surface area (Å²) in [6.45, 7) is 5.87. The average molecular weight is 329 g/mol. The SMILES string of the molecule is CC(C)(C)OC(=O)NCC(N)Cc1cccc(Br)c1. The first kappa shape index (κ1) is 16.0. The molecule has 0 aliphatic carbocycles. The number of rotatable bonds is 4. The van der Waals surface area contributed by atoms with Crippen LogP contribution in [0.25, 0.3) is 0 Å². The summed E-state index contributed by atoms with van der Waals surface area (Å²) in [5.74, 6) is 0. The van der Waals surface area contributed by atoms with Crippen molar-refractivity contribution in [3.05, 3.63) is 34.3 Å². The van der Waals surface area contributed by atoms with Gasteiger partial charge in [-0.05, 0) is 44.9 Å². The van der Waals surface area contributed by atoms with Gasteiger partial charge in [0.2, 0.25) is 0 Å². The predicted octanol–water partition coefficient (Wildman–Crippen LogP) is 2.84. The van der Waals surface area contributed by atoms with Crippen LogP contribution in [0.4, 0.5) is 4.79 Å². The van der Waals surface area contributed by atoms with Crippen LogP contribution in [-0.4, -0.2) is 24.3 Å². The Bertz CT molecular complexity index is 430. The molecule has 0 spiro atoms. The van der Waals surface area contributed by atoms with Gasteiger partial charge in [0.25, 0.3) is 0 Å². The van der Waals surface area contributed by atoms with Gasteiger partial charge in [-0.1, -0.05) is 28.1 Å². The number of carbonyl (C=O) groups is 1. The van der Waals surface area contributed by atoms with Crippen molar-refractivity contribution in [3.63, 3.8) is 0 Å². The molecule has 3 N–H and O–H groups in total. The first-order valence-corrected chi connectivity index (χ1v) is 7.02. The average Bonchev–Trinajstić information content (AvgIpc) is 2.24. The van der Waals surface area contributed by atoms with Crippen LogP contribution in [0.5, 0.6) is 0 Å². The second-order valence-electron chi connectivity index (χ2n) is 5.48.